The van der Waals surface area contributed by atoms with Gasteiger partial charge in [-0.15, -0.1) is 0 Å². The van der Waals surface area contributed by atoms with Gasteiger partial charge in [-0.05, 0) is 17.5 Å². The molecule has 1 aromatic heterocycles. The third-order valence-corrected chi connectivity index (χ3v) is 6.25. The topological polar surface area (TPSA) is 137 Å². The fraction of sp³-hybridized carbons (Fsp3) is 0.261. The van der Waals surface area contributed by atoms with Gasteiger partial charge in [0.1, 0.15) is 17.0 Å². The minimum Gasteiger partial charge on any atom is -0.454 e. The molecule has 2 aliphatic rings. The van der Waals surface area contributed by atoms with E-state index in [0.29, 0.717) is 0 Å². The molecule has 2 heterocycles. The van der Waals surface area contributed by atoms with E-state index in [1.807, 2.05) is 13.8 Å². The number of ether oxygens (including phenoxy) is 1. The van der Waals surface area contributed by atoms with Crippen LogP contribution in [0.3, 0.4) is 0 Å². The van der Waals surface area contributed by atoms with E-state index in [4.69, 9.17) is 4.74 Å². The number of aliphatic hydroxyl groups is 1. The van der Waals surface area contributed by atoms with Gasteiger partial charge < -0.3 is 19.7 Å². The second kappa shape index (κ2) is 6.72. The number of ketones is 1. The third kappa shape index (κ3) is 2.61. The second-order valence-electron chi connectivity index (χ2n) is 8.57. The van der Waals surface area contributed by atoms with Gasteiger partial charge in [0, 0.05) is 30.4 Å². The summed E-state index contributed by atoms with van der Waals surface area (Å²) in [6.07, 6.45) is 2.88. The molecule has 10 nitrogen and oxygen atoms in total. The van der Waals surface area contributed by atoms with E-state index in [-0.39, 0.29) is 34.1 Å². The number of carbonyl (C=O) groups excluding carboxylic acids is 2. The molecule has 33 heavy (non-hydrogen) atoms. The molecule has 2 atom stereocenters. The highest BCUT2D eigenvalue weighted by Gasteiger charge is 2.73. The second-order valence-corrected chi connectivity index (χ2v) is 8.57. The van der Waals surface area contributed by atoms with Crippen molar-refractivity contribution in [2.45, 2.75) is 31.1 Å². The lowest BCUT2D eigenvalue weighted by Gasteiger charge is -2.34. The molecular formula is C23H20N4O6. The highest BCUT2D eigenvalue weighted by molar-refractivity contribution is 6.15. The predicted octanol–water partition coefficient (Wildman–Crippen LogP) is 2.51. The highest BCUT2D eigenvalue weighted by Crippen LogP contribution is 2.59. The standard InChI is InChI=1S/C23H20N4O6/c1-12(2)13-7-8-14-18(9-13)33-23(30)15-5-4-6-17(27(31)32)19(15)20(28)22(14,23)25-21(29)16-10-26(3)11-24-16/h4-12,30H,1-3H3,(H,25,29). The maximum absolute atomic E-state index is 13.9. The fourth-order valence-corrected chi connectivity index (χ4v) is 4.62. The number of nitrogens with one attached hydrogen (secondary N) is 1. The van der Waals surface area contributed by atoms with E-state index in [9.17, 15) is 24.8 Å². The monoisotopic (exact) mass is 448 g/mol. The molecule has 0 saturated heterocycles. The Labute approximate surface area is 188 Å². The molecule has 5 rings (SSSR count). The van der Waals surface area contributed by atoms with Crippen molar-refractivity contribution in [3.8, 4) is 5.75 Å². The molecular weight excluding hydrogens is 428 g/mol. The molecule has 168 valence electrons. The Balaban J connectivity index is 1.76. The van der Waals surface area contributed by atoms with Gasteiger partial charge in [-0.3, -0.25) is 19.7 Å². The normalized spacial score (nSPS) is 22.5. The molecule has 0 spiro atoms. The van der Waals surface area contributed by atoms with Crippen LogP contribution in [0.2, 0.25) is 0 Å². The van der Waals surface area contributed by atoms with E-state index >= 15 is 0 Å². The third-order valence-electron chi connectivity index (χ3n) is 6.25. The van der Waals surface area contributed by atoms with Crippen LogP contribution in [0.25, 0.3) is 0 Å². The summed E-state index contributed by atoms with van der Waals surface area (Å²) in [5.74, 6) is -3.59. The number of imidazole rings is 1. The van der Waals surface area contributed by atoms with Crippen LogP contribution in [0.4, 0.5) is 5.69 Å². The van der Waals surface area contributed by atoms with Crippen molar-refractivity contribution in [3.63, 3.8) is 0 Å². The minimum absolute atomic E-state index is 0.0136. The Hall–Kier alpha value is -4.05. The van der Waals surface area contributed by atoms with Crippen molar-refractivity contribution in [2.75, 3.05) is 0 Å². The summed E-state index contributed by atoms with van der Waals surface area (Å²) in [6.45, 7) is 3.96. The van der Waals surface area contributed by atoms with E-state index in [0.717, 1.165) is 5.56 Å². The zero-order valence-corrected chi connectivity index (χ0v) is 18.0. The summed E-state index contributed by atoms with van der Waals surface area (Å²) in [6, 6.07) is 9.03. The largest absolute Gasteiger partial charge is 0.454 e. The molecule has 1 aliphatic heterocycles. The Morgan fingerprint density at radius 2 is 2.03 bits per heavy atom. The lowest BCUT2D eigenvalue weighted by molar-refractivity contribution is -0.385. The Bertz CT molecular complexity index is 1360. The van der Waals surface area contributed by atoms with Crippen LogP contribution >= 0.6 is 0 Å². The summed E-state index contributed by atoms with van der Waals surface area (Å²) in [4.78, 5) is 42.0. The molecule has 2 N–H and O–H groups in total. The van der Waals surface area contributed by atoms with Crippen molar-refractivity contribution >= 4 is 17.4 Å². The maximum atomic E-state index is 13.9. The smallest absolute Gasteiger partial charge is 0.280 e. The van der Waals surface area contributed by atoms with Gasteiger partial charge in [0.15, 0.2) is 0 Å². The number of amides is 1. The summed E-state index contributed by atoms with van der Waals surface area (Å²) < 4.78 is 7.52. The molecule has 0 radical (unpaired) electrons. The van der Waals surface area contributed by atoms with E-state index < -0.39 is 33.6 Å². The Morgan fingerprint density at radius 1 is 1.27 bits per heavy atom. The lowest BCUT2D eigenvalue weighted by atomic mass is 9.82. The molecule has 1 aliphatic carbocycles. The van der Waals surface area contributed by atoms with Crippen LogP contribution in [-0.4, -0.2) is 31.3 Å². The minimum atomic E-state index is -2.38. The van der Waals surface area contributed by atoms with E-state index in [2.05, 4.69) is 10.3 Å². The Kier molecular flexibility index (Phi) is 4.24. The summed E-state index contributed by atoms with van der Waals surface area (Å²) in [5.41, 5.74) is -1.85. The molecule has 3 aromatic rings. The molecule has 2 unspecified atom stereocenters. The maximum Gasteiger partial charge on any atom is 0.280 e. The number of nitrogens with zero attached hydrogens (tertiary/aromatic N) is 3. The number of benzene rings is 2. The first-order valence-corrected chi connectivity index (χ1v) is 10.3. The van der Waals surface area contributed by atoms with Gasteiger partial charge >= 0.3 is 0 Å². The van der Waals surface area contributed by atoms with Crippen molar-refractivity contribution in [3.05, 3.63) is 87.0 Å². The number of hydrogen-bond donors (Lipinski definition) is 2. The summed E-state index contributed by atoms with van der Waals surface area (Å²) in [7, 11) is 1.68. The predicted molar refractivity (Wildman–Crippen MR) is 115 cm³/mol. The van der Waals surface area contributed by atoms with Crippen LogP contribution in [0.5, 0.6) is 5.75 Å². The van der Waals surface area contributed by atoms with Crippen molar-refractivity contribution in [1.82, 2.24) is 14.9 Å². The molecule has 0 bridgehead atoms. The van der Waals surface area contributed by atoms with Crippen LogP contribution in [0, 0.1) is 10.1 Å². The van der Waals surface area contributed by atoms with E-state index in [1.54, 1.807) is 29.8 Å². The quantitative estimate of drug-likeness (QED) is 0.462. The zero-order chi connectivity index (χ0) is 23.7. The molecule has 0 fully saturated rings. The summed E-state index contributed by atoms with van der Waals surface area (Å²) in [5, 5.41) is 26.2. The van der Waals surface area contributed by atoms with Crippen LogP contribution in [0.1, 0.15) is 57.3 Å². The van der Waals surface area contributed by atoms with Crippen LogP contribution in [0.15, 0.2) is 48.9 Å². The molecule has 10 heteroatoms. The first-order chi connectivity index (χ1) is 15.6. The van der Waals surface area contributed by atoms with Gasteiger partial charge in [-0.1, -0.05) is 38.1 Å². The number of hydrogen-bond acceptors (Lipinski definition) is 7. The number of aryl methyl sites for hydroxylation is 1. The summed E-state index contributed by atoms with van der Waals surface area (Å²) >= 11 is 0. The number of Topliss-reactive ketones (excluding diaryl/α,β-unsaturated/α-hetero) is 1. The van der Waals surface area contributed by atoms with Gasteiger partial charge in [-0.25, -0.2) is 4.98 Å². The lowest BCUT2D eigenvalue weighted by Crippen LogP contribution is -2.60. The first kappa shape index (κ1) is 20.8. The average Bonchev–Trinajstić information content (AvgIpc) is 3.37. The van der Waals surface area contributed by atoms with Gasteiger partial charge in [-0.2, -0.15) is 0 Å². The number of fused-ring (bicyclic) bond motifs is 5. The number of carbonyl (C=O) groups is 2. The first-order valence-electron chi connectivity index (χ1n) is 10.3. The number of nitro benzene ring substituents is 1. The highest BCUT2D eigenvalue weighted by atomic mass is 16.6. The Morgan fingerprint density at radius 3 is 2.67 bits per heavy atom. The number of rotatable bonds is 4. The fourth-order valence-electron chi connectivity index (χ4n) is 4.62. The van der Waals surface area contributed by atoms with Gasteiger partial charge in [0.05, 0.1) is 11.3 Å². The van der Waals surface area contributed by atoms with Crippen LogP contribution in [-0.2, 0) is 18.4 Å². The number of aromatic nitrogens is 2. The van der Waals surface area contributed by atoms with Crippen LogP contribution < -0.4 is 10.1 Å². The SMILES string of the molecule is CC(C)c1ccc2c(c1)OC1(O)c3cccc([N+](=O)[O-])c3C(=O)C21NC(=O)c1cn(C)cn1. The number of nitro groups is 1. The van der Waals surface area contributed by atoms with Gasteiger partial charge in [0.2, 0.25) is 11.3 Å². The molecule has 0 saturated carbocycles. The van der Waals surface area contributed by atoms with Gasteiger partial charge in [0.25, 0.3) is 17.4 Å². The van der Waals surface area contributed by atoms with E-state index in [1.165, 1.54) is 30.7 Å². The molecule has 1 amide bonds. The zero-order valence-electron chi connectivity index (χ0n) is 18.0. The average molecular weight is 448 g/mol. The van der Waals surface area contributed by atoms with Crippen molar-refractivity contribution in [1.29, 1.82) is 0 Å². The molecule has 2 aromatic carbocycles. The van der Waals surface area contributed by atoms with Crippen molar-refractivity contribution < 1.29 is 24.4 Å². The van der Waals surface area contributed by atoms with Crippen molar-refractivity contribution in [2.24, 2.45) is 7.05 Å².